The van der Waals surface area contributed by atoms with Gasteiger partial charge in [-0.25, -0.2) is 0 Å². The van der Waals surface area contributed by atoms with E-state index in [0.717, 1.165) is 64.5 Å². The molecule has 138 valence electrons. The highest BCUT2D eigenvalue weighted by molar-refractivity contribution is 5.70. The number of hydrogen-bond donors (Lipinski definition) is 1. The molecule has 6 heteroatoms. The summed E-state index contributed by atoms with van der Waals surface area (Å²) in [7, 11) is 0. The molecule has 1 aromatic rings. The van der Waals surface area contributed by atoms with Gasteiger partial charge in [-0.2, -0.15) is 0 Å². The van der Waals surface area contributed by atoms with Gasteiger partial charge in [-0.15, -0.1) is 0 Å². The fourth-order valence-corrected chi connectivity index (χ4v) is 3.51. The molecule has 1 atom stereocenters. The second-order valence-electron chi connectivity index (χ2n) is 6.86. The minimum atomic E-state index is -0.676. The number of rotatable bonds is 7. The van der Waals surface area contributed by atoms with Crippen LogP contribution in [-0.2, 0) is 16.1 Å². The first-order valence-electron chi connectivity index (χ1n) is 9.18. The highest BCUT2D eigenvalue weighted by atomic mass is 16.5. The maximum absolute atomic E-state index is 11.2. The molecule has 2 fully saturated rings. The molecule has 0 bridgehead atoms. The highest BCUT2D eigenvalue weighted by Gasteiger charge is 2.25. The molecule has 6 nitrogen and oxygen atoms in total. The SMILES string of the molecule is O=C(O)[C@@H]1CCCN(Cc2cccc(OCCN3CCOCC3)c2)C1. The molecule has 2 saturated heterocycles. The zero-order chi connectivity index (χ0) is 17.5. The van der Waals surface area contributed by atoms with Crippen LogP contribution in [0.5, 0.6) is 5.75 Å². The van der Waals surface area contributed by atoms with E-state index in [1.165, 1.54) is 5.56 Å². The van der Waals surface area contributed by atoms with Gasteiger partial charge >= 0.3 is 5.97 Å². The van der Waals surface area contributed by atoms with Gasteiger partial charge in [-0.05, 0) is 37.1 Å². The van der Waals surface area contributed by atoms with Crippen LogP contribution in [0.25, 0.3) is 0 Å². The molecule has 3 rings (SSSR count). The second-order valence-corrected chi connectivity index (χ2v) is 6.86. The van der Waals surface area contributed by atoms with Crippen LogP contribution >= 0.6 is 0 Å². The van der Waals surface area contributed by atoms with E-state index in [4.69, 9.17) is 9.47 Å². The van der Waals surface area contributed by atoms with Crippen molar-refractivity contribution in [3.05, 3.63) is 29.8 Å². The third-order valence-electron chi connectivity index (χ3n) is 4.94. The third-order valence-corrected chi connectivity index (χ3v) is 4.94. The molecule has 2 heterocycles. The summed E-state index contributed by atoms with van der Waals surface area (Å²) < 4.78 is 11.3. The van der Waals surface area contributed by atoms with E-state index in [0.29, 0.717) is 13.2 Å². The standard InChI is InChI=1S/C19H28N2O4/c22-19(23)17-4-2-6-21(15-17)14-16-3-1-5-18(13-16)25-12-9-20-7-10-24-11-8-20/h1,3,5,13,17H,2,4,6-12,14-15H2,(H,22,23)/t17-/m1/s1. The van der Waals surface area contributed by atoms with Crippen LogP contribution in [0.4, 0.5) is 0 Å². The van der Waals surface area contributed by atoms with Gasteiger partial charge in [0.25, 0.3) is 0 Å². The predicted molar refractivity (Wildman–Crippen MR) is 94.8 cm³/mol. The molecule has 0 spiro atoms. The number of hydrogen-bond acceptors (Lipinski definition) is 5. The van der Waals surface area contributed by atoms with Crippen LogP contribution in [0.2, 0.25) is 0 Å². The quantitative estimate of drug-likeness (QED) is 0.809. The molecule has 2 aliphatic rings. The molecule has 0 aliphatic carbocycles. The van der Waals surface area contributed by atoms with Crippen molar-refractivity contribution < 1.29 is 19.4 Å². The average molecular weight is 348 g/mol. The number of morpholine rings is 1. The smallest absolute Gasteiger partial charge is 0.307 e. The van der Waals surface area contributed by atoms with E-state index in [1.54, 1.807) is 0 Å². The Balaban J connectivity index is 1.46. The number of carboxylic acids is 1. The maximum atomic E-state index is 11.2. The van der Waals surface area contributed by atoms with Gasteiger partial charge in [-0.1, -0.05) is 12.1 Å². The monoisotopic (exact) mass is 348 g/mol. The molecule has 1 aromatic carbocycles. The van der Waals surface area contributed by atoms with Gasteiger partial charge in [0.1, 0.15) is 12.4 Å². The average Bonchev–Trinajstić information content (AvgIpc) is 2.63. The van der Waals surface area contributed by atoms with E-state index < -0.39 is 5.97 Å². The number of nitrogens with zero attached hydrogens (tertiary/aromatic N) is 2. The van der Waals surface area contributed by atoms with Crippen LogP contribution in [0.15, 0.2) is 24.3 Å². The molecular weight excluding hydrogens is 320 g/mol. The first-order chi connectivity index (χ1) is 12.2. The number of ether oxygens (including phenoxy) is 2. The van der Waals surface area contributed by atoms with Gasteiger partial charge in [0.15, 0.2) is 0 Å². The number of carbonyl (C=O) groups is 1. The molecule has 0 unspecified atom stereocenters. The summed E-state index contributed by atoms with van der Waals surface area (Å²) >= 11 is 0. The molecular formula is C19H28N2O4. The van der Waals surface area contributed by atoms with E-state index in [2.05, 4.69) is 21.9 Å². The summed E-state index contributed by atoms with van der Waals surface area (Å²) in [5.41, 5.74) is 1.18. The first kappa shape index (κ1) is 18.2. The van der Waals surface area contributed by atoms with Gasteiger partial charge < -0.3 is 14.6 Å². The fraction of sp³-hybridized carbons (Fsp3) is 0.632. The Hall–Kier alpha value is -1.63. The first-order valence-corrected chi connectivity index (χ1v) is 9.18. The Morgan fingerprint density at radius 3 is 2.88 bits per heavy atom. The number of benzene rings is 1. The van der Waals surface area contributed by atoms with Gasteiger partial charge in [-0.3, -0.25) is 14.6 Å². The van der Waals surface area contributed by atoms with Gasteiger partial charge in [0, 0.05) is 32.7 Å². The lowest BCUT2D eigenvalue weighted by molar-refractivity contribution is -0.143. The Morgan fingerprint density at radius 2 is 2.08 bits per heavy atom. The summed E-state index contributed by atoms with van der Waals surface area (Å²) in [6.07, 6.45) is 1.74. The van der Waals surface area contributed by atoms with Crippen LogP contribution in [0, 0.1) is 5.92 Å². The van der Waals surface area contributed by atoms with Crippen LogP contribution in [0.1, 0.15) is 18.4 Å². The normalized spacial score (nSPS) is 22.6. The van der Waals surface area contributed by atoms with Crippen LogP contribution in [0.3, 0.4) is 0 Å². The molecule has 25 heavy (non-hydrogen) atoms. The molecule has 2 aliphatic heterocycles. The highest BCUT2D eigenvalue weighted by Crippen LogP contribution is 2.20. The Labute approximate surface area is 149 Å². The van der Waals surface area contributed by atoms with Gasteiger partial charge in [0.05, 0.1) is 19.1 Å². The van der Waals surface area contributed by atoms with E-state index in [-0.39, 0.29) is 5.92 Å². The minimum Gasteiger partial charge on any atom is -0.492 e. The molecule has 0 saturated carbocycles. The Morgan fingerprint density at radius 1 is 1.24 bits per heavy atom. The van der Waals surface area contributed by atoms with E-state index in [9.17, 15) is 9.90 Å². The van der Waals surface area contributed by atoms with Crippen LogP contribution < -0.4 is 4.74 Å². The van der Waals surface area contributed by atoms with Crippen molar-refractivity contribution in [3.8, 4) is 5.75 Å². The summed E-state index contributed by atoms with van der Waals surface area (Å²) in [5.74, 6) is -0.0239. The Bertz CT molecular complexity index is 560. The van der Waals surface area contributed by atoms with Crippen molar-refractivity contribution >= 4 is 5.97 Å². The maximum Gasteiger partial charge on any atom is 0.307 e. The van der Waals surface area contributed by atoms with Crippen molar-refractivity contribution in [2.24, 2.45) is 5.92 Å². The van der Waals surface area contributed by atoms with Crippen molar-refractivity contribution in [2.75, 3.05) is 52.5 Å². The lowest BCUT2D eigenvalue weighted by Crippen LogP contribution is -2.38. The Kier molecular flexibility index (Phi) is 6.67. The fourth-order valence-electron chi connectivity index (χ4n) is 3.51. The third kappa shape index (κ3) is 5.70. The zero-order valence-electron chi connectivity index (χ0n) is 14.7. The number of aliphatic carboxylic acids is 1. The minimum absolute atomic E-state index is 0.235. The van der Waals surface area contributed by atoms with Crippen molar-refractivity contribution in [1.29, 1.82) is 0 Å². The zero-order valence-corrected chi connectivity index (χ0v) is 14.7. The summed E-state index contributed by atoms with van der Waals surface area (Å²) in [6, 6.07) is 8.15. The van der Waals surface area contributed by atoms with E-state index >= 15 is 0 Å². The summed E-state index contributed by atoms with van der Waals surface area (Å²) in [4.78, 5) is 15.8. The lowest BCUT2D eigenvalue weighted by Gasteiger charge is -2.30. The van der Waals surface area contributed by atoms with Crippen molar-refractivity contribution in [1.82, 2.24) is 9.80 Å². The second kappa shape index (κ2) is 9.17. The van der Waals surface area contributed by atoms with Gasteiger partial charge in [0.2, 0.25) is 0 Å². The number of likely N-dealkylation sites (tertiary alicyclic amines) is 1. The molecule has 0 aromatic heterocycles. The largest absolute Gasteiger partial charge is 0.492 e. The predicted octanol–water partition coefficient (Wildman–Crippen LogP) is 1.69. The lowest BCUT2D eigenvalue weighted by atomic mass is 9.98. The van der Waals surface area contributed by atoms with Crippen LogP contribution in [-0.4, -0.2) is 73.4 Å². The van der Waals surface area contributed by atoms with E-state index in [1.807, 2.05) is 12.1 Å². The topological polar surface area (TPSA) is 62.2 Å². The molecule has 1 N–H and O–H groups in total. The van der Waals surface area contributed by atoms with Crippen molar-refractivity contribution in [2.45, 2.75) is 19.4 Å². The molecule has 0 amide bonds. The number of piperidine rings is 1. The molecule has 0 radical (unpaired) electrons. The summed E-state index contributed by atoms with van der Waals surface area (Å²) in [6.45, 7) is 7.54. The van der Waals surface area contributed by atoms with Crippen molar-refractivity contribution in [3.63, 3.8) is 0 Å². The summed E-state index contributed by atoms with van der Waals surface area (Å²) in [5, 5.41) is 9.21. The number of carboxylic acid groups (broad SMARTS) is 1.